The van der Waals surface area contributed by atoms with E-state index >= 15 is 0 Å². The number of carbonyl (C=O) groups is 2. The molecular weight excluding hydrogens is 278 g/mol. The van der Waals surface area contributed by atoms with Crippen LogP contribution in [0.2, 0.25) is 0 Å². The fraction of sp³-hybridized carbons (Fsp3) is 0.882. The molecule has 5 nitrogen and oxygen atoms in total. The van der Waals surface area contributed by atoms with Crippen LogP contribution in [-0.2, 0) is 9.59 Å². The fourth-order valence-electron chi connectivity index (χ4n) is 2.71. The Kier molecular flexibility index (Phi) is 9.87. The predicted octanol–water partition coefficient (Wildman–Crippen LogP) is 1.97. The third-order valence-electron chi connectivity index (χ3n) is 4.13. The molecule has 1 aliphatic rings. The second-order valence-electron chi connectivity index (χ2n) is 6.70. The lowest BCUT2D eigenvalue weighted by molar-refractivity contribution is -0.126. The van der Waals surface area contributed by atoms with Crippen molar-refractivity contribution in [3.63, 3.8) is 0 Å². The molecule has 3 N–H and O–H groups in total. The quantitative estimate of drug-likeness (QED) is 0.450. The van der Waals surface area contributed by atoms with Crippen LogP contribution in [0.1, 0.15) is 65.2 Å². The average molecular weight is 311 g/mol. The van der Waals surface area contributed by atoms with Crippen LogP contribution in [0, 0.1) is 5.92 Å². The van der Waals surface area contributed by atoms with Gasteiger partial charge in [0.15, 0.2) is 0 Å². The van der Waals surface area contributed by atoms with Gasteiger partial charge >= 0.3 is 0 Å². The molecule has 0 saturated heterocycles. The van der Waals surface area contributed by atoms with E-state index in [2.05, 4.69) is 29.8 Å². The molecular formula is C17H33N3O2. The maximum atomic E-state index is 11.6. The average Bonchev–Trinajstić information content (AvgIpc) is 2.76. The van der Waals surface area contributed by atoms with E-state index in [0.717, 1.165) is 13.0 Å². The molecule has 128 valence electrons. The fourth-order valence-corrected chi connectivity index (χ4v) is 2.71. The van der Waals surface area contributed by atoms with Gasteiger partial charge < -0.3 is 16.0 Å². The van der Waals surface area contributed by atoms with E-state index in [0.29, 0.717) is 24.9 Å². The molecule has 0 aromatic rings. The Balaban J connectivity index is 1.99. The first kappa shape index (κ1) is 18.9. The summed E-state index contributed by atoms with van der Waals surface area (Å²) < 4.78 is 0. The topological polar surface area (TPSA) is 70.2 Å². The summed E-state index contributed by atoms with van der Waals surface area (Å²) in [7, 11) is 0. The van der Waals surface area contributed by atoms with Crippen molar-refractivity contribution >= 4 is 11.8 Å². The minimum atomic E-state index is -0.111. The Morgan fingerprint density at radius 2 is 1.64 bits per heavy atom. The van der Waals surface area contributed by atoms with Crippen molar-refractivity contribution in [2.75, 3.05) is 19.6 Å². The molecule has 0 aromatic carbocycles. The van der Waals surface area contributed by atoms with Gasteiger partial charge in [0.2, 0.25) is 11.8 Å². The first-order valence-electron chi connectivity index (χ1n) is 8.84. The van der Waals surface area contributed by atoms with E-state index in [9.17, 15) is 9.59 Å². The lowest BCUT2D eigenvalue weighted by Gasteiger charge is -2.16. The number of hydrogen-bond donors (Lipinski definition) is 3. The van der Waals surface area contributed by atoms with Crippen molar-refractivity contribution in [3.8, 4) is 0 Å². The summed E-state index contributed by atoms with van der Waals surface area (Å²) in [6.07, 6.45) is 9.18. The molecule has 5 heteroatoms. The van der Waals surface area contributed by atoms with Crippen molar-refractivity contribution in [2.45, 2.75) is 71.3 Å². The summed E-state index contributed by atoms with van der Waals surface area (Å²) in [5.41, 5.74) is 0. The van der Waals surface area contributed by atoms with Crippen molar-refractivity contribution in [1.29, 1.82) is 0 Å². The summed E-state index contributed by atoms with van der Waals surface area (Å²) in [6.45, 7) is 5.68. The Morgan fingerprint density at radius 1 is 0.955 bits per heavy atom. The number of rotatable bonds is 9. The highest BCUT2D eigenvalue weighted by atomic mass is 16.2. The molecule has 0 bridgehead atoms. The molecule has 0 spiro atoms. The first-order chi connectivity index (χ1) is 10.6. The van der Waals surface area contributed by atoms with E-state index < -0.39 is 0 Å². The molecule has 2 amide bonds. The SMILES string of the molecule is CC(C)CCC(=O)NCC(=O)NCCNC1CCCCCC1. The molecule has 1 saturated carbocycles. The van der Waals surface area contributed by atoms with Crippen LogP contribution in [0.25, 0.3) is 0 Å². The summed E-state index contributed by atoms with van der Waals surface area (Å²) in [4.78, 5) is 23.2. The van der Waals surface area contributed by atoms with Gasteiger partial charge in [-0.15, -0.1) is 0 Å². The Morgan fingerprint density at radius 3 is 2.27 bits per heavy atom. The summed E-state index contributed by atoms with van der Waals surface area (Å²) in [6, 6.07) is 0.607. The summed E-state index contributed by atoms with van der Waals surface area (Å²) >= 11 is 0. The van der Waals surface area contributed by atoms with Crippen LogP contribution in [0.5, 0.6) is 0 Å². The van der Waals surface area contributed by atoms with Crippen molar-refractivity contribution in [2.24, 2.45) is 5.92 Å². The molecule has 0 atom stereocenters. The van der Waals surface area contributed by atoms with E-state index in [-0.39, 0.29) is 18.4 Å². The zero-order valence-corrected chi connectivity index (χ0v) is 14.2. The first-order valence-corrected chi connectivity index (χ1v) is 8.84. The number of hydrogen-bond acceptors (Lipinski definition) is 3. The van der Waals surface area contributed by atoms with Crippen LogP contribution in [0.15, 0.2) is 0 Å². The molecule has 1 fully saturated rings. The third kappa shape index (κ3) is 9.77. The van der Waals surface area contributed by atoms with Crippen LogP contribution in [0.3, 0.4) is 0 Å². The number of nitrogens with one attached hydrogen (secondary N) is 3. The van der Waals surface area contributed by atoms with Gasteiger partial charge in [-0.2, -0.15) is 0 Å². The second kappa shape index (κ2) is 11.5. The van der Waals surface area contributed by atoms with Gasteiger partial charge in [-0.3, -0.25) is 9.59 Å². The summed E-state index contributed by atoms with van der Waals surface area (Å²) in [5, 5.41) is 9.02. The maximum absolute atomic E-state index is 11.6. The molecule has 0 aromatic heterocycles. The zero-order chi connectivity index (χ0) is 16.2. The minimum Gasteiger partial charge on any atom is -0.353 e. The van der Waals surface area contributed by atoms with Gasteiger partial charge in [-0.05, 0) is 25.2 Å². The lowest BCUT2D eigenvalue weighted by Crippen LogP contribution is -2.41. The highest BCUT2D eigenvalue weighted by Crippen LogP contribution is 2.16. The molecule has 22 heavy (non-hydrogen) atoms. The van der Waals surface area contributed by atoms with Crippen molar-refractivity contribution < 1.29 is 9.59 Å². The Labute approximate surface area is 135 Å². The van der Waals surface area contributed by atoms with Gasteiger partial charge in [0, 0.05) is 25.6 Å². The van der Waals surface area contributed by atoms with Crippen molar-refractivity contribution in [1.82, 2.24) is 16.0 Å². The van der Waals surface area contributed by atoms with E-state index in [1.165, 1.54) is 38.5 Å². The molecule has 0 heterocycles. The normalized spacial score (nSPS) is 16.3. The van der Waals surface area contributed by atoms with Gasteiger partial charge in [0.25, 0.3) is 0 Å². The van der Waals surface area contributed by atoms with Crippen molar-refractivity contribution in [3.05, 3.63) is 0 Å². The molecule has 0 aliphatic heterocycles. The number of carbonyl (C=O) groups excluding carboxylic acids is 2. The summed E-state index contributed by atoms with van der Waals surface area (Å²) in [5.74, 6) is 0.357. The standard InChI is InChI=1S/C17H33N3O2/c1-14(2)9-10-16(21)20-13-17(22)19-12-11-18-15-7-5-3-4-6-8-15/h14-15,18H,3-13H2,1-2H3,(H,19,22)(H,20,21). The third-order valence-corrected chi connectivity index (χ3v) is 4.13. The smallest absolute Gasteiger partial charge is 0.239 e. The highest BCUT2D eigenvalue weighted by Gasteiger charge is 2.11. The molecule has 0 radical (unpaired) electrons. The van der Waals surface area contributed by atoms with E-state index in [1.54, 1.807) is 0 Å². The maximum Gasteiger partial charge on any atom is 0.239 e. The minimum absolute atomic E-state index is 0.0413. The van der Waals surface area contributed by atoms with Crippen LogP contribution >= 0.6 is 0 Å². The van der Waals surface area contributed by atoms with Gasteiger partial charge in [-0.1, -0.05) is 39.5 Å². The van der Waals surface area contributed by atoms with Gasteiger partial charge in [0.05, 0.1) is 6.54 Å². The molecule has 0 unspecified atom stereocenters. The van der Waals surface area contributed by atoms with Crippen LogP contribution in [-0.4, -0.2) is 37.5 Å². The van der Waals surface area contributed by atoms with Gasteiger partial charge in [-0.25, -0.2) is 0 Å². The zero-order valence-electron chi connectivity index (χ0n) is 14.2. The Bertz CT molecular complexity index is 324. The Hall–Kier alpha value is -1.10. The molecule has 1 rings (SSSR count). The van der Waals surface area contributed by atoms with Crippen LogP contribution in [0.4, 0.5) is 0 Å². The monoisotopic (exact) mass is 311 g/mol. The van der Waals surface area contributed by atoms with Crippen LogP contribution < -0.4 is 16.0 Å². The van der Waals surface area contributed by atoms with E-state index in [4.69, 9.17) is 0 Å². The second-order valence-corrected chi connectivity index (χ2v) is 6.70. The largest absolute Gasteiger partial charge is 0.353 e. The van der Waals surface area contributed by atoms with Gasteiger partial charge in [0.1, 0.15) is 0 Å². The number of amides is 2. The lowest BCUT2D eigenvalue weighted by atomic mass is 10.1. The predicted molar refractivity (Wildman–Crippen MR) is 89.6 cm³/mol. The van der Waals surface area contributed by atoms with E-state index in [1.807, 2.05) is 0 Å². The highest BCUT2D eigenvalue weighted by molar-refractivity contribution is 5.84. The molecule has 1 aliphatic carbocycles.